The first-order valence-corrected chi connectivity index (χ1v) is 6.17. The summed E-state index contributed by atoms with van der Waals surface area (Å²) in [6.45, 7) is 0. The van der Waals surface area contributed by atoms with Crippen molar-refractivity contribution in [3.05, 3.63) is 0 Å². The van der Waals surface area contributed by atoms with E-state index in [-0.39, 0.29) is 6.42 Å². The van der Waals surface area contributed by atoms with E-state index in [2.05, 4.69) is 0 Å². The standard InChI is InChI=1S/C6H10O3S2/c7-6(8)2-1-5-3-4-11(9)10-5/h5H,1-4H2,(H,7,8). The second kappa shape index (κ2) is 4.11. The quantitative estimate of drug-likeness (QED) is 0.681. The van der Waals surface area contributed by atoms with Gasteiger partial charge in [0.1, 0.15) is 0 Å². The highest BCUT2D eigenvalue weighted by Gasteiger charge is 2.22. The lowest BCUT2D eigenvalue weighted by Gasteiger charge is -2.02. The fraction of sp³-hybridized carbons (Fsp3) is 0.833. The molecule has 0 amide bonds. The molecule has 2 unspecified atom stereocenters. The predicted octanol–water partition coefficient (Wildman–Crippen LogP) is 1.02. The molecule has 5 heteroatoms. The Labute approximate surface area is 71.4 Å². The molecule has 1 fully saturated rings. The van der Waals surface area contributed by atoms with E-state index in [1.54, 1.807) is 0 Å². The van der Waals surface area contributed by atoms with Crippen molar-refractivity contribution in [3.8, 4) is 0 Å². The molecule has 0 aromatic carbocycles. The molecule has 0 aliphatic carbocycles. The zero-order valence-corrected chi connectivity index (χ0v) is 7.62. The van der Waals surface area contributed by atoms with E-state index < -0.39 is 15.8 Å². The summed E-state index contributed by atoms with van der Waals surface area (Å²) in [5.74, 6) is -0.0297. The topological polar surface area (TPSA) is 54.4 Å². The van der Waals surface area contributed by atoms with Gasteiger partial charge in [-0.25, -0.2) is 4.21 Å². The Kier molecular flexibility index (Phi) is 3.39. The molecule has 11 heavy (non-hydrogen) atoms. The predicted molar refractivity (Wildman–Crippen MR) is 45.9 cm³/mol. The van der Waals surface area contributed by atoms with Gasteiger partial charge in [0, 0.05) is 17.4 Å². The summed E-state index contributed by atoms with van der Waals surface area (Å²) in [6.07, 6.45) is 1.77. The highest BCUT2D eigenvalue weighted by molar-refractivity contribution is 8.69. The van der Waals surface area contributed by atoms with Crippen molar-refractivity contribution < 1.29 is 14.1 Å². The number of carboxylic acids is 1. The van der Waals surface area contributed by atoms with Gasteiger partial charge < -0.3 is 5.11 Å². The zero-order chi connectivity index (χ0) is 8.27. The third kappa shape index (κ3) is 3.25. The highest BCUT2D eigenvalue weighted by Crippen LogP contribution is 2.30. The van der Waals surface area contributed by atoms with Crippen molar-refractivity contribution in [1.29, 1.82) is 0 Å². The molecule has 0 spiro atoms. The summed E-state index contributed by atoms with van der Waals surface area (Å²) in [7, 11) is 0.672. The van der Waals surface area contributed by atoms with Gasteiger partial charge in [0.05, 0.1) is 9.83 Å². The smallest absolute Gasteiger partial charge is 0.303 e. The van der Waals surface area contributed by atoms with Crippen molar-refractivity contribution in [1.82, 2.24) is 0 Å². The molecule has 0 bridgehead atoms. The van der Waals surface area contributed by atoms with Gasteiger partial charge in [-0.05, 0) is 12.8 Å². The molecule has 1 saturated heterocycles. The summed E-state index contributed by atoms with van der Waals surface area (Å²) in [6, 6.07) is 0. The van der Waals surface area contributed by atoms with Gasteiger partial charge in [-0.2, -0.15) is 0 Å². The molecule has 0 aromatic heterocycles. The number of carbonyl (C=O) groups is 1. The average molecular weight is 194 g/mol. The van der Waals surface area contributed by atoms with Crippen molar-refractivity contribution in [2.75, 3.05) is 5.75 Å². The second-order valence-electron chi connectivity index (χ2n) is 2.45. The average Bonchev–Trinajstić information content (AvgIpc) is 2.31. The van der Waals surface area contributed by atoms with E-state index in [1.807, 2.05) is 0 Å². The third-order valence-electron chi connectivity index (χ3n) is 1.53. The third-order valence-corrected chi connectivity index (χ3v) is 5.02. The highest BCUT2D eigenvalue weighted by atomic mass is 33.1. The first-order chi connectivity index (χ1) is 5.18. The zero-order valence-electron chi connectivity index (χ0n) is 5.99. The molecular weight excluding hydrogens is 184 g/mol. The van der Waals surface area contributed by atoms with E-state index >= 15 is 0 Å². The molecule has 1 aliphatic rings. The fourth-order valence-corrected chi connectivity index (χ4v) is 4.47. The van der Waals surface area contributed by atoms with E-state index in [9.17, 15) is 9.00 Å². The molecule has 64 valence electrons. The maximum absolute atomic E-state index is 10.8. The number of aliphatic carboxylic acids is 1. The SMILES string of the molecule is O=C(O)CCC1CCS(=O)S1. The maximum atomic E-state index is 10.8. The number of hydrogen-bond acceptors (Lipinski definition) is 3. The number of carboxylic acid groups (broad SMARTS) is 1. The lowest BCUT2D eigenvalue weighted by atomic mass is 10.2. The van der Waals surface area contributed by atoms with Crippen LogP contribution in [0.1, 0.15) is 19.3 Å². The van der Waals surface area contributed by atoms with Gasteiger partial charge >= 0.3 is 5.97 Å². The van der Waals surface area contributed by atoms with Crippen LogP contribution in [0.5, 0.6) is 0 Å². The Morgan fingerprint density at radius 2 is 2.45 bits per heavy atom. The normalized spacial score (nSPS) is 30.5. The summed E-state index contributed by atoms with van der Waals surface area (Å²) in [4.78, 5) is 10.2. The lowest BCUT2D eigenvalue weighted by molar-refractivity contribution is -0.137. The van der Waals surface area contributed by atoms with Gasteiger partial charge in [-0.3, -0.25) is 4.79 Å². The van der Waals surface area contributed by atoms with Crippen LogP contribution >= 0.6 is 10.8 Å². The fourth-order valence-electron chi connectivity index (χ4n) is 0.953. The number of rotatable bonds is 3. The summed E-state index contributed by atoms with van der Waals surface area (Å²) in [5, 5.41) is 8.67. The summed E-state index contributed by atoms with van der Waals surface area (Å²) >= 11 is 0. The largest absolute Gasteiger partial charge is 0.481 e. The van der Waals surface area contributed by atoms with Gasteiger partial charge in [0.15, 0.2) is 0 Å². The van der Waals surface area contributed by atoms with Gasteiger partial charge in [-0.15, -0.1) is 0 Å². The number of hydrogen-bond donors (Lipinski definition) is 1. The first kappa shape index (κ1) is 9.06. The van der Waals surface area contributed by atoms with E-state index in [0.717, 1.165) is 12.2 Å². The van der Waals surface area contributed by atoms with Crippen molar-refractivity contribution in [2.24, 2.45) is 0 Å². The molecule has 3 nitrogen and oxygen atoms in total. The summed E-state index contributed by atoms with van der Waals surface area (Å²) in [5.41, 5.74) is 0. The molecule has 0 radical (unpaired) electrons. The molecule has 0 saturated carbocycles. The second-order valence-corrected chi connectivity index (χ2v) is 6.01. The molecule has 2 atom stereocenters. The van der Waals surface area contributed by atoms with Crippen LogP contribution in [-0.2, 0) is 14.6 Å². The monoisotopic (exact) mass is 194 g/mol. The van der Waals surface area contributed by atoms with Crippen molar-refractivity contribution in [2.45, 2.75) is 24.5 Å². The summed E-state index contributed by atoms with van der Waals surface area (Å²) < 4.78 is 10.8. The molecule has 1 rings (SSSR count). The van der Waals surface area contributed by atoms with Crippen LogP contribution in [0.25, 0.3) is 0 Å². The molecule has 1 heterocycles. The van der Waals surface area contributed by atoms with Crippen LogP contribution in [0.15, 0.2) is 0 Å². The lowest BCUT2D eigenvalue weighted by Crippen LogP contribution is -2.02. The van der Waals surface area contributed by atoms with Crippen molar-refractivity contribution >= 4 is 26.6 Å². The van der Waals surface area contributed by atoms with E-state index in [4.69, 9.17) is 5.11 Å². The Hall–Kier alpha value is -0.0300. The van der Waals surface area contributed by atoms with Crippen molar-refractivity contribution in [3.63, 3.8) is 0 Å². The van der Waals surface area contributed by atoms with Crippen LogP contribution in [0.2, 0.25) is 0 Å². The molecule has 1 N–H and O–H groups in total. The molecule has 1 aliphatic heterocycles. The molecule has 0 aromatic rings. The van der Waals surface area contributed by atoms with E-state index in [0.29, 0.717) is 11.7 Å². The minimum Gasteiger partial charge on any atom is -0.481 e. The van der Waals surface area contributed by atoms with Gasteiger partial charge in [-0.1, -0.05) is 10.8 Å². The Balaban J connectivity index is 2.18. The molecular formula is C6H10O3S2. The maximum Gasteiger partial charge on any atom is 0.303 e. The minimum atomic E-state index is -0.761. The Morgan fingerprint density at radius 3 is 2.91 bits per heavy atom. The van der Waals surface area contributed by atoms with E-state index in [1.165, 1.54) is 10.8 Å². The van der Waals surface area contributed by atoms with Gasteiger partial charge in [0.2, 0.25) is 0 Å². The van der Waals surface area contributed by atoms with Crippen LogP contribution in [0, 0.1) is 0 Å². The first-order valence-electron chi connectivity index (χ1n) is 3.46. The van der Waals surface area contributed by atoms with Gasteiger partial charge in [0.25, 0.3) is 0 Å². The minimum absolute atomic E-state index is 0.203. The van der Waals surface area contributed by atoms with Crippen LogP contribution in [0.4, 0.5) is 0 Å². The van der Waals surface area contributed by atoms with Crippen LogP contribution in [-0.4, -0.2) is 26.3 Å². The Morgan fingerprint density at radius 1 is 1.73 bits per heavy atom. The van der Waals surface area contributed by atoms with Crippen LogP contribution in [0.3, 0.4) is 0 Å². The Bertz CT molecular complexity index is 181. The van der Waals surface area contributed by atoms with Crippen LogP contribution < -0.4 is 0 Å².